The molecule has 9 heteroatoms. The molecule has 8 nitrogen and oxygen atoms in total. The van der Waals surface area contributed by atoms with Crippen molar-refractivity contribution in [3.05, 3.63) is 35.3 Å². The van der Waals surface area contributed by atoms with Gasteiger partial charge in [-0.25, -0.2) is 4.98 Å². The molecule has 1 atom stereocenters. The molecule has 1 aliphatic heterocycles. The lowest BCUT2D eigenvalue weighted by molar-refractivity contribution is -0.142. The Balaban J connectivity index is 1.85. The second kappa shape index (κ2) is 6.89. The Morgan fingerprint density at radius 1 is 1.44 bits per heavy atom. The van der Waals surface area contributed by atoms with E-state index in [0.717, 1.165) is 5.56 Å². The number of hydrogen-bond acceptors (Lipinski definition) is 6. The first-order valence-corrected chi connectivity index (χ1v) is 8.32. The summed E-state index contributed by atoms with van der Waals surface area (Å²) in [5.74, 6) is -1.76. The number of aromatic nitrogens is 1. The zero-order valence-electron chi connectivity index (χ0n) is 13.3. The average molecular weight is 361 g/mol. The number of nitrogens with zero attached hydrogens (tertiary/aromatic N) is 2. The fourth-order valence-corrected chi connectivity index (χ4v) is 3.02. The molecular weight excluding hydrogens is 346 g/mol. The minimum Gasteiger partial charge on any atom is -0.481 e. The molecule has 2 N–H and O–H groups in total. The molecule has 1 aliphatic rings. The van der Waals surface area contributed by atoms with Gasteiger partial charge in [0.2, 0.25) is 5.91 Å². The summed E-state index contributed by atoms with van der Waals surface area (Å²) < 4.78 is 5.54. The van der Waals surface area contributed by atoms with Crippen LogP contribution in [0.25, 0.3) is 0 Å². The average Bonchev–Trinajstić information content (AvgIpc) is 3.03. The van der Waals surface area contributed by atoms with Gasteiger partial charge in [-0.05, 0) is 24.6 Å². The van der Waals surface area contributed by atoms with E-state index in [9.17, 15) is 14.4 Å². The van der Waals surface area contributed by atoms with Crippen molar-refractivity contribution in [1.29, 1.82) is 0 Å². The van der Waals surface area contributed by atoms with E-state index in [1.807, 2.05) is 6.92 Å². The van der Waals surface area contributed by atoms with Crippen molar-refractivity contribution >= 4 is 39.9 Å². The number of aliphatic carboxylic acids is 1. The third-order valence-corrected chi connectivity index (χ3v) is 4.25. The van der Waals surface area contributed by atoms with E-state index in [-0.39, 0.29) is 6.54 Å². The lowest BCUT2D eigenvalue weighted by atomic mass is 10.1. The Bertz CT molecular complexity index is 821. The monoisotopic (exact) mass is 361 g/mol. The molecule has 0 spiro atoms. The second-order valence-electron chi connectivity index (χ2n) is 5.49. The summed E-state index contributed by atoms with van der Waals surface area (Å²) in [4.78, 5) is 41.0. The molecule has 2 amide bonds. The molecule has 1 aromatic heterocycles. The van der Waals surface area contributed by atoms with Gasteiger partial charge in [-0.15, -0.1) is 11.3 Å². The number of aryl methyl sites for hydroxylation is 1. The Morgan fingerprint density at radius 3 is 2.92 bits per heavy atom. The van der Waals surface area contributed by atoms with E-state index in [0.29, 0.717) is 16.6 Å². The van der Waals surface area contributed by atoms with Gasteiger partial charge in [-0.2, -0.15) is 0 Å². The topological polar surface area (TPSA) is 109 Å². The number of fused-ring (bicyclic) bond motifs is 1. The molecule has 0 aliphatic carbocycles. The lowest BCUT2D eigenvalue weighted by Gasteiger charge is -2.33. The molecule has 0 radical (unpaired) electrons. The van der Waals surface area contributed by atoms with Gasteiger partial charge in [-0.3, -0.25) is 19.3 Å². The van der Waals surface area contributed by atoms with Crippen molar-refractivity contribution in [2.45, 2.75) is 19.4 Å². The van der Waals surface area contributed by atoms with E-state index < -0.39 is 30.3 Å². The van der Waals surface area contributed by atoms with Gasteiger partial charge < -0.3 is 15.2 Å². The predicted octanol–water partition coefficient (Wildman–Crippen LogP) is 1.66. The van der Waals surface area contributed by atoms with Gasteiger partial charge in [0, 0.05) is 11.6 Å². The lowest BCUT2D eigenvalue weighted by Crippen LogP contribution is -2.49. The van der Waals surface area contributed by atoms with Gasteiger partial charge in [0.1, 0.15) is 12.3 Å². The van der Waals surface area contributed by atoms with Crippen LogP contribution in [0.3, 0.4) is 0 Å². The summed E-state index contributed by atoms with van der Waals surface area (Å²) in [7, 11) is 0. The summed E-state index contributed by atoms with van der Waals surface area (Å²) >= 11 is 1.26. The maximum atomic E-state index is 12.6. The van der Waals surface area contributed by atoms with Crippen LogP contribution in [0.4, 0.5) is 10.8 Å². The highest BCUT2D eigenvalue weighted by Gasteiger charge is 2.36. The molecule has 1 unspecified atom stereocenters. The number of amides is 2. The second-order valence-corrected chi connectivity index (χ2v) is 6.38. The first-order chi connectivity index (χ1) is 11.9. The largest absolute Gasteiger partial charge is 0.481 e. The minimum absolute atomic E-state index is 0.256. The highest BCUT2D eigenvalue weighted by atomic mass is 32.1. The first-order valence-electron chi connectivity index (χ1n) is 7.44. The van der Waals surface area contributed by atoms with Crippen LogP contribution in [0.1, 0.15) is 12.0 Å². The standard InChI is InChI=1S/C16H15N3O5S/c1-9-2-3-10-11(6-9)24-12(7-14(21)22)15(23)19(10)8-13(20)18-16-17-4-5-25-16/h2-6,12H,7-8H2,1H3,(H,21,22)(H,17,18,20). The Morgan fingerprint density at radius 2 is 2.24 bits per heavy atom. The normalized spacial score (nSPS) is 16.1. The van der Waals surface area contributed by atoms with Crippen molar-refractivity contribution < 1.29 is 24.2 Å². The molecule has 0 fully saturated rings. The summed E-state index contributed by atoms with van der Waals surface area (Å²) in [5, 5.41) is 13.7. The smallest absolute Gasteiger partial charge is 0.307 e. The van der Waals surface area contributed by atoms with E-state index in [2.05, 4.69) is 10.3 Å². The summed E-state index contributed by atoms with van der Waals surface area (Å²) in [6.07, 6.45) is -0.0859. The van der Waals surface area contributed by atoms with Crippen LogP contribution in [-0.2, 0) is 14.4 Å². The van der Waals surface area contributed by atoms with Crippen molar-refractivity contribution in [2.75, 3.05) is 16.8 Å². The van der Waals surface area contributed by atoms with E-state index in [4.69, 9.17) is 9.84 Å². The van der Waals surface area contributed by atoms with Gasteiger partial charge in [0.15, 0.2) is 11.2 Å². The number of carbonyl (C=O) groups excluding carboxylic acids is 2. The van der Waals surface area contributed by atoms with Crippen LogP contribution >= 0.6 is 11.3 Å². The predicted molar refractivity (Wildman–Crippen MR) is 90.9 cm³/mol. The number of carboxylic acids is 1. The maximum absolute atomic E-state index is 12.6. The molecule has 1 aromatic carbocycles. The third-order valence-electron chi connectivity index (χ3n) is 3.56. The molecule has 0 saturated carbocycles. The molecule has 3 rings (SSSR count). The number of carbonyl (C=O) groups is 3. The first kappa shape index (κ1) is 16.9. The van der Waals surface area contributed by atoms with E-state index >= 15 is 0 Å². The molecule has 0 bridgehead atoms. The fourth-order valence-electron chi connectivity index (χ4n) is 2.47. The van der Waals surface area contributed by atoms with E-state index in [1.165, 1.54) is 16.2 Å². The maximum Gasteiger partial charge on any atom is 0.307 e. The zero-order valence-corrected chi connectivity index (χ0v) is 14.1. The van der Waals surface area contributed by atoms with Crippen LogP contribution < -0.4 is 15.0 Å². The number of anilines is 2. The number of hydrogen-bond donors (Lipinski definition) is 2. The Hall–Kier alpha value is -2.94. The Kier molecular flexibility index (Phi) is 4.66. The van der Waals surface area contributed by atoms with Gasteiger partial charge in [0.25, 0.3) is 5.91 Å². The number of carboxylic acid groups (broad SMARTS) is 1. The summed E-state index contributed by atoms with van der Waals surface area (Å²) in [6.45, 7) is 1.60. The van der Waals surface area contributed by atoms with Crippen LogP contribution in [0.2, 0.25) is 0 Å². The zero-order chi connectivity index (χ0) is 18.0. The Labute approximate surface area is 147 Å². The number of benzene rings is 1. The highest BCUT2D eigenvalue weighted by molar-refractivity contribution is 7.13. The van der Waals surface area contributed by atoms with Crippen LogP contribution in [0.5, 0.6) is 5.75 Å². The van der Waals surface area contributed by atoms with Crippen LogP contribution in [0, 0.1) is 6.92 Å². The van der Waals surface area contributed by atoms with Crippen LogP contribution in [-0.4, -0.2) is 40.5 Å². The van der Waals surface area contributed by atoms with Crippen molar-refractivity contribution in [3.8, 4) is 5.75 Å². The summed E-state index contributed by atoms with van der Waals surface area (Å²) in [6, 6.07) is 5.18. The highest BCUT2D eigenvalue weighted by Crippen LogP contribution is 2.35. The minimum atomic E-state index is -1.17. The SMILES string of the molecule is Cc1ccc2c(c1)OC(CC(=O)O)C(=O)N2CC(=O)Nc1nccs1. The van der Waals surface area contributed by atoms with Crippen molar-refractivity contribution in [2.24, 2.45) is 0 Å². The number of rotatable bonds is 5. The molecular formula is C16H15N3O5S. The molecule has 130 valence electrons. The van der Waals surface area contributed by atoms with Gasteiger partial charge in [0.05, 0.1) is 12.1 Å². The summed E-state index contributed by atoms with van der Waals surface area (Å²) in [5.41, 5.74) is 1.33. The molecule has 0 saturated heterocycles. The van der Waals surface area contributed by atoms with Gasteiger partial charge in [-0.1, -0.05) is 6.07 Å². The third kappa shape index (κ3) is 3.77. The van der Waals surface area contributed by atoms with E-state index in [1.54, 1.807) is 29.8 Å². The molecule has 2 aromatic rings. The van der Waals surface area contributed by atoms with Crippen molar-refractivity contribution in [1.82, 2.24) is 4.98 Å². The number of nitrogens with one attached hydrogen (secondary N) is 1. The van der Waals surface area contributed by atoms with Gasteiger partial charge >= 0.3 is 5.97 Å². The number of thiazole rings is 1. The van der Waals surface area contributed by atoms with Crippen LogP contribution in [0.15, 0.2) is 29.8 Å². The molecule has 25 heavy (non-hydrogen) atoms. The fraction of sp³-hybridized carbons (Fsp3) is 0.250. The van der Waals surface area contributed by atoms with Crippen molar-refractivity contribution in [3.63, 3.8) is 0 Å². The number of ether oxygens (including phenoxy) is 1. The molecule has 2 heterocycles. The quantitative estimate of drug-likeness (QED) is 0.838.